The quantitative estimate of drug-likeness (QED) is 0.248. The second-order valence-corrected chi connectivity index (χ2v) is 3.85. The van der Waals surface area contributed by atoms with E-state index >= 15 is 0 Å². The van der Waals surface area contributed by atoms with Gasteiger partial charge in [-0.25, -0.2) is 0 Å². The molecule has 1 aliphatic rings. The van der Waals surface area contributed by atoms with Gasteiger partial charge in [0.25, 0.3) is 0 Å². The van der Waals surface area contributed by atoms with Gasteiger partial charge in [-0.15, -0.1) is 0 Å². The molecular weight excluding hydrogens is 198 g/mol. The van der Waals surface area contributed by atoms with Crippen LogP contribution in [0.4, 0.5) is 0 Å². The third-order valence-electron chi connectivity index (χ3n) is 2.42. The molecule has 0 saturated carbocycles. The van der Waals surface area contributed by atoms with Crippen LogP contribution >= 0.6 is 0 Å². The number of rotatable bonds is 4. The van der Waals surface area contributed by atoms with Crippen molar-refractivity contribution in [1.82, 2.24) is 4.90 Å². The molecule has 0 aromatic rings. The highest BCUT2D eigenvalue weighted by Gasteiger charge is 2.24. The third-order valence-corrected chi connectivity index (χ3v) is 2.42. The van der Waals surface area contributed by atoms with Crippen LogP contribution in [-0.4, -0.2) is 59.5 Å². The van der Waals surface area contributed by atoms with Crippen LogP contribution in [0.5, 0.6) is 0 Å². The van der Waals surface area contributed by atoms with Gasteiger partial charge in [0, 0.05) is 26.1 Å². The average molecular weight is 217 g/mol. The molecule has 1 heterocycles. The number of oxime groups is 1. The van der Waals surface area contributed by atoms with Crippen molar-refractivity contribution >= 4 is 5.84 Å². The SMILES string of the molecule is CC1CN(CCC(N)=NO)CC(CO)O1. The largest absolute Gasteiger partial charge is 0.409 e. The normalized spacial score (nSPS) is 29.3. The smallest absolute Gasteiger partial charge is 0.140 e. The van der Waals surface area contributed by atoms with Gasteiger partial charge in [-0.05, 0) is 6.92 Å². The van der Waals surface area contributed by atoms with Gasteiger partial charge in [0.1, 0.15) is 5.84 Å². The van der Waals surface area contributed by atoms with Gasteiger partial charge in [0.2, 0.25) is 0 Å². The van der Waals surface area contributed by atoms with Gasteiger partial charge in [0.05, 0.1) is 18.8 Å². The predicted molar refractivity (Wildman–Crippen MR) is 55.9 cm³/mol. The zero-order valence-electron chi connectivity index (χ0n) is 8.96. The lowest BCUT2D eigenvalue weighted by Crippen LogP contribution is -2.48. The van der Waals surface area contributed by atoms with Crippen molar-refractivity contribution in [1.29, 1.82) is 0 Å². The molecule has 2 atom stereocenters. The van der Waals surface area contributed by atoms with E-state index in [9.17, 15) is 0 Å². The Balaban J connectivity index is 2.34. The summed E-state index contributed by atoms with van der Waals surface area (Å²) in [5.74, 6) is 0.231. The summed E-state index contributed by atoms with van der Waals surface area (Å²) in [6, 6.07) is 0. The van der Waals surface area contributed by atoms with Crippen molar-refractivity contribution < 1.29 is 15.1 Å². The summed E-state index contributed by atoms with van der Waals surface area (Å²) in [6.45, 7) is 4.23. The summed E-state index contributed by atoms with van der Waals surface area (Å²) in [4.78, 5) is 2.15. The second-order valence-electron chi connectivity index (χ2n) is 3.85. The zero-order valence-corrected chi connectivity index (χ0v) is 8.96. The van der Waals surface area contributed by atoms with Crippen molar-refractivity contribution in [2.45, 2.75) is 25.6 Å². The van der Waals surface area contributed by atoms with Crippen molar-refractivity contribution in [2.24, 2.45) is 10.9 Å². The van der Waals surface area contributed by atoms with Crippen LogP contribution in [0.3, 0.4) is 0 Å². The highest BCUT2D eigenvalue weighted by molar-refractivity contribution is 5.79. The molecule has 88 valence electrons. The maximum Gasteiger partial charge on any atom is 0.140 e. The van der Waals surface area contributed by atoms with E-state index in [-0.39, 0.29) is 24.7 Å². The van der Waals surface area contributed by atoms with Gasteiger partial charge in [-0.3, -0.25) is 4.90 Å². The van der Waals surface area contributed by atoms with Gasteiger partial charge >= 0.3 is 0 Å². The molecule has 0 radical (unpaired) electrons. The molecule has 1 saturated heterocycles. The maximum absolute atomic E-state index is 9.01. The minimum atomic E-state index is -0.124. The van der Waals surface area contributed by atoms with Crippen molar-refractivity contribution in [3.05, 3.63) is 0 Å². The number of hydrogen-bond acceptors (Lipinski definition) is 5. The maximum atomic E-state index is 9.01. The number of nitrogens with zero attached hydrogens (tertiary/aromatic N) is 2. The fourth-order valence-corrected chi connectivity index (χ4v) is 1.75. The Labute approximate surface area is 89.3 Å². The minimum absolute atomic E-state index is 0.0322. The topological polar surface area (TPSA) is 91.3 Å². The van der Waals surface area contributed by atoms with Gasteiger partial charge in [-0.2, -0.15) is 0 Å². The summed E-state index contributed by atoms with van der Waals surface area (Å²) >= 11 is 0. The van der Waals surface area contributed by atoms with Crippen LogP contribution in [0.2, 0.25) is 0 Å². The lowest BCUT2D eigenvalue weighted by atomic mass is 10.2. The monoisotopic (exact) mass is 217 g/mol. The molecule has 6 heteroatoms. The van der Waals surface area contributed by atoms with Crippen LogP contribution in [0.25, 0.3) is 0 Å². The highest BCUT2D eigenvalue weighted by atomic mass is 16.5. The highest BCUT2D eigenvalue weighted by Crippen LogP contribution is 2.10. The summed E-state index contributed by atoms with van der Waals surface area (Å²) in [7, 11) is 0. The van der Waals surface area contributed by atoms with E-state index in [0.717, 1.165) is 13.1 Å². The van der Waals surface area contributed by atoms with Gasteiger partial charge in [-0.1, -0.05) is 5.16 Å². The van der Waals surface area contributed by atoms with Crippen molar-refractivity contribution in [3.8, 4) is 0 Å². The Morgan fingerprint density at radius 1 is 1.60 bits per heavy atom. The van der Waals surface area contributed by atoms with E-state index in [0.29, 0.717) is 13.0 Å². The van der Waals surface area contributed by atoms with Crippen LogP contribution in [0.15, 0.2) is 5.16 Å². The second kappa shape index (κ2) is 5.89. The molecular formula is C9H19N3O3. The lowest BCUT2D eigenvalue weighted by molar-refractivity contribution is -0.0944. The number of ether oxygens (including phenoxy) is 1. The first kappa shape index (κ1) is 12.2. The standard InChI is InChI=1S/C9H19N3O3/c1-7-4-12(3-2-9(10)11-14)5-8(6-13)15-7/h7-8,13-14H,2-6H2,1H3,(H2,10,11). The fourth-order valence-electron chi connectivity index (χ4n) is 1.75. The summed E-state index contributed by atoms with van der Waals surface area (Å²) in [5, 5.41) is 20.3. The molecule has 0 aromatic carbocycles. The Bertz CT molecular complexity index is 223. The van der Waals surface area contributed by atoms with Gasteiger partial charge < -0.3 is 20.8 Å². The Morgan fingerprint density at radius 2 is 2.33 bits per heavy atom. The van der Waals surface area contributed by atoms with Crippen LogP contribution in [-0.2, 0) is 4.74 Å². The van der Waals surface area contributed by atoms with Crippen LogP contribution in [0, 0.1) is 0 Å². The number of amidine groups is 1. The third kappa shape index (κ3) is 4.03. The molecule has 1 rings (SSSR count). The van der Waals surface area contributed by atoms with E-state index in [2.05, 4.69) is 10.1 Å². The average Bonchev–Trinajstić information content (AvgIpc) is 2.25. The molecule has 1 fully saturated rings. The molecule has 0 bridgehead atoms. The molecule has 2 unspecified atom stereocenters. The summed E-state index contributed by atoms with van der Waals surface area (Å²) in [6.07, 6.45) is 0.519. The number of hydrogen-bond donors (Lipinski definition) is 3. The molecule has 0 amide bonds. The number of aliphatic hydroxyl groups excluding tert-OH is 1. The predicted octanol–water partition coefficient (Wildman–Crippen LogP) is -0.795. The van der Waals surface area contributed by atoms with E-state index < -0.39 is 0 Å². The Hall–Kier alpha value is -0.850. The van der Waals surface area contributed by atoms with Crippen molar-refractivity contribution in [3.63, 3.8) is 0 Å². The number of nitrogens with two attached hydrogens (primary N) is 1. The van der Waals surface area contributed by atoms with E-state index in [1.807, 2.05) is 6.92 Å². The molecule has 0 spiro atoms. The molecule has 15 heavy (non-hydrogen) atoms. The molecule has 0 aromatic heterocycles. The minimum Gasteiger partial charge on any atom is -0.409 e. The molecule has 1 aliphatic heterocycles. The van der Waals surface area contributed by atoms with Crippen molar-refractivity contribution in [2.75, 3.05) is 26.2 Å². The molecule has 6 nitrogen and oxygen atoms in total. The summed E-state index contributed by atoms with van der Waals surface area (Å²) < 4.78 is 5.50. The first-order valence-electron chi connectivity index (χ1n) is 5.10. The first-order valence-corrected chi connectivity index (χ1v) is 5.10. The zero-order chi connectivity index (χ0) is 11.3. The molecule has 0 aliphatic carbocycles. The lowest BCUT2D eigenvalue weighted by Gasteiger charge is -2.35. The van der Waals surface area contributed by atoms with E-state index in [1.165, 1.54) is 0 Å². The Kier molecular flexibility index (Phi) is 4.80. The Morgan fingerprint density at radius 3 is 2.93 bits per heavy atom. The van der Waals surface area contributed by atoms with E-state index in [1.54, 1.807) is 0 Å². The van der Waals surface area contributed by atoms with E-state index in [4.69, 9.17) is 20.8 Å². The first-order chi connectivity index (χ1) is 7.15. The molecule has 4 N–H and O–H groups in total. The fraction of sp³-hybridized carbons (Fsp3) is 0.889. The number of morpholine rings is 1. The van der Waals surface area contributed by atoms with Gasteiger partial charge in [0.15, 0.2) is 0 Å². The van der Waals surface area contributed by atoms with Crippen LogP contribution in [0.1, 0.15) is 13.3 Å². The number of aliphatic hydroxyl groups is 1. The summed E-state index contributed by atoms with van der Waals surface area (Å²) in [5.41, 5.74) is 5.38. The van der Waals surface area contributed by atoms with Crippen LogP contribution < -0.4 is 5.73 Å².